The first kappa shape index (κ1) is 9.97. The van der Waals surface area contributed by atoms with Crippen molar-refractivity contribution in [3.63, 3.8) is 0 Å². The van der Waals surface area contributed by atoms with Crippen molar-refractivity contribution in [3.8, 4) is 12.3 Å². The van der Waals surface area contributed by atoms with Crippen molar-refractivity contribution in [2.75, 3.05) is 7.05 Å². The second-order valence-corrected chi connectivity index (χ2v) is 3.38. The number of allylic oxidation sites excluding steroid dienone is 2. The van der Waals surface area contributed by atoms with Gasteiger partial charge in [-0.2, -0.15) is 0 Å². The summed E-state index contributed by atoms with van der Waals surface area (Å²) >= 11 is 0. The average Bonchev–Trinajstić information content (AvgIpc) is 1.87. The van der Waals surface area contributed by atoms with Gasteiger partial charge >= 0.3 is 0 Å². The number of terminal acetylenes is 1. The van der Waals surface area contributed by atoms with Crippen molar-refractivity contribution in [1.29, 1.82) is 0 Å². The number of nitrogens with zero attached hydrogens (tertiary/aromatic N) is 1. The molecule has 11 heavy (non-hydrogen) atoms. The normalized spacial score (nSPS) is 13.5. The Balaban J connectivity index is 4.58. The summed E-state index contributed by atoms with van der Waals surface area (Å²) < 4.78 is 0. The van der Waals surface area contributed by atoms with Crippen LogP contribution in [0.2, 0.25) is 0 Å². The van der Waals surface area contributed by atoms with Crippen molar-refractivity contribution in [3.05, 3.63) is 11.6 Å². The van der Waals surface area contributed by atoms with Gasteiger partial charge in [0.2, 0.25) is 0 Å². The van der Waals surface area contributed by atoms with Crippen LogP contribution in [0.5, 0.6) is 0 Å². The molecule has 60 valence electrons. The molecular weight excluding hydrogens is 134 g/mol. The Bertz CT molecular complexity index is 208. The molecule has 0 aromatic heterocycles. The van der Waals surface area contributed by atoms with Crippen LogP contribution in [-0.4, -0.2) is 13.3 Å². The van der Waals surface area contributed by atoms with Crippen molar-refractivity contribution in [2.24, 2.45) is 10.4 Å². The van der Waals surface area contributed by atoms with E-state index in [1.54, 1.807) is 13.3 Å². The molecule has 0 aliphatic heterocycles. The molecule has 0 saturated heterocycles. The minimum atomic E-state index is 0.0515. The number of hydrogen-bond donors (Lipinski definition) is 0. The van der Waals surface area contributed by atoms with E-state index in [1.807, 2.05) is 6.08 Å². The molecule has 0 aromatic rings. The van der Waals surface area contributed by atoms with Crippen LogP contribution in [0.4, 0.5) is 0 Å². The topological polar surface area (TPSA) is 12.4 Å². The molecule has 0 bridgehead atoms. The van der Waals surface area contributed by atoms with E-state index < -0.39 is 0 Å². The third kappa shape index (κ3) is 3.62. The molecule has 0 aliphatic rings. The molecule has 0 amide bonds. The van der Waals surface area contributed by atoms with Gasteiger partial charge in [0.1, 0.15) is 0 Å². The fourth-order valence-electron chi connectivity index (χ4n) is 0.664. The molecule has 1 nitrogen and oxygen atoms in total. The second-order valence-electron chi connectivity index (χ2n) is 3.38. The Labute approximate surface area is 69.2 Å². The van der Waals surface area contributed by atoms with Crippen LogP contribution < -0.4 is 0 Å². The maximum absolute atomic E-state index is 5.32. The summed E-state index contributed by atoms with van der Waals surface area (Å²) in [6, 6.07) is 0. The van der Waals surface area contributed by atoms with Crippen LogP contribution >= 0.6 is 0 Å². The minimum Gasteiger partial charge on any atom is -0.296 e. The van der Waals surface area contributed by atoms with Crippen LogP contribution in [0.25, 0.3) is 0 Å². The summed E-state index contributed by atoms with van der Waals surface area (Å²) in [5.74, 6) is 2.65. The predicted molar refractivity (Wildman–Crippen MR) is 50.8 cm³/mol. The Morgan fingerprint density at radius 3 is 2.27 bits per heavy atom. The van der Waals surface area contributed by atoms with Gasteiger partial charge in [0.25, 0.3) is 0 Å². The fraction of sp³-hybridized carbons (Fsp3) is 0.500. The molecule has 0 saturated carbocycles. The van der Waals surface area contributed by atoms with E-state index >= 15 is 0 Å². The molecule has 1 heteroatoms. The highest BCUT2D eigenvalue weighted by Crippen LogP contribution is 2.23. The summed E-state index contributed by atoms with van der Waals surface area (Å²) in [4.78, 5) is 3.84. The quantitative estimate of drug-likeness (QED) is 0.400. The van der Waals surface area contributed by atoms with Gasteiger partial charge in [0.05, 0.1) is 0 Å². The van der Waals surface area contributed by atoms with Crippen molar-refractivity contribution in [2.45, 2.75) is 20.8 Å². The zero-order chi connectivity index (χ0) is 8.91. The Morgan fingerprint density at radius 2 is 2.00 bits per heavy atom. The predicted octanol–water partition coefficient (Wildman–Crippen LogP) is 2.29. The highest BCUT2D eigenvalue weighted by atomic mass is 14.6. The van der Waals surface area contributed by atoms with E-state index in [-0.39, 0.29) is 5.41 Å². The van der Waals surface area contributed by atoms with E-state index in [0.717, 1.165) is 5.57 Å². The van der Waals surface area contributed by atoms with Crippen LogP contribution in [0.3, 0.4) is 0 Å². The Morgan fingerprint density at radius 1 is 1.45 bits per heavy atom. The Hall–Kier alpha value is -1.03. The maximum atomic E-state index is 5.32. The zero-order valence-electron chi connectivity index (χ0n) is 7.68. The number of hydrogen-bond acceptors (Lipinski definition) is 1. The molecule has 0 aliphatic carbocycles. The SMILES string of the molecule is C#C/C(=C\C=N/C)C(C)(C)C. The summed E-state index contributed by atoms with van der Waals surface area (Å²) in [7, 11) is 1.73. The van der Waals surface area contributed by atoms with Crippen molar-refractivity contribution in [1.82, 2.24) is 0 Å². The molecule has 0 unspecified atom stereocenters. The molecule has 0 rings (SSSR count). The molecule has 0 fully saturated rings. The lowest BCUT2D eigenvalue weighted by Gasteiger charge is -2.17. The molecule has 0 spiro atoms. The molecule has 0 atom stereocenters. The largest absolute Gasteiger partial charge is 0.296 e. The average molecular weight is 149 g/mol. The van der Waals surface area contributed by atoms with Gasteiger partial charge in [-0.1, -0.05) is 26.7 Å². The first-order chi connectivity index (χ1) is 5.02. The highest BCUT2D eigenvalue weighted by Gasteiger charge is 2.13. The van der Waals surface area contributed by atoms with E-state index in [1.165, 1.54) is 0 Å². The standard InChI is InChI=1S/C10H15N/c1-6-9(7-8-11-5)10(2,3)4/h1,7-8H,2-5H3/b9-7+,11-8-. The summed E-state index contributed by atoms with van der Waals surface area (Å²) in [6.45, 7) is 6.26. The van der Waals surface area contributed by atoms with E-state index in [4.69, 9.17) is 6.42 Å². The van der Waals surface area contributed by atoms with Crippen LogP contribution in [0, 0.1) is 17.8 Å². The summed E-state index contributed by atoms with van der Waals surface area (Å²) in [5, 5.41) is 0. The number of aliphatic imine (C=N–C) groups is 1. The first-order valence-corrected chi connectivity index (χ1v) is 3.62. The lowest BCUT2D eigenvalue weighted by atomic mass is 9.87. The van der Waals surface area contributed by atoms with E-state index in [9.17, 15) is 0 Å². The summed E-state index contributed by atoms with van der Waals surface area (Å²) in [5.41, 5.74) is 1.03. The summed E-state index contributed by atoms with van der Waals surface area (Å²) in [6.07, 6.45) is 8.92. The lowest BCUT2D eigenvalue weighted by molar-refractivity contribution is 0.522. The zero-order valence-corrected chi connectivity index (χ0v) is 7.68. The molecule has 0 radical (unpaired) electrons. The van der Waals surface area contributed by atoms with Gasteiger partial charge < -0.3 is 0 Å². The van der Waals surface area contributed by atoms with Gasteiger partial charge in [-0.05, 0) is 11.5 Å². The van der Waals surface area contributed by atoms with Crippen molar-refractivity contribution >= 4 is 6.21 Å². The molecule has 0 N–H and O–H groups in total. The fourth-order valence-corrected chi connectivity index (χ4v) is 0.664. The van der Waals surface area contributed by atoms with Crippen LogP contribution in [-0.2, 0) is 0 Å². The van der Waals surface area contributed by atoms with Crippen molar-refractivity contribution < 1.29 is 0 Å². The molecular formula is C10H15N. The first-order valence-electron chi connectivity index (χ1n) is 3.62. The molecule has 0 aromatic carbocycles. The van der Waals surface area contributed by atoms with E-state index in [0.29, 0.717) is 0 Å². The smallest absolute Gasteiger partial charge is 0.0277 e. The highest BCUT2D eigenvalue weighted by molar-refractivity contribution is 5.73. The Kier molecular flexibility index (Phi) is 3.60. The third-order valence-electron chi connectivity index (χ3n) is 1.35. The maximum Gasteiger partial charge on any atom is 0.0277 e. The third-order valence-corrected chi connectivity index (χ3v) is 1.35. The van der Waals surface area contributed by atoms with E-state index in [2.05, 4.69) is 31.7 Å². The monoisotopic (exact) mass is 149 g/mol. The minimum absolute atomic E-state index is 0.0515. The van der Waals surface area contributed by atoms with Crippen LogP contribution in [0.1, 0.15) is 20.8 Å². The lowest BCUT2D eigenvalue weighted by Crippen LogP contribution is -2.07. The van der Waals surface area contributed by atoms with Gasteiger partial charge in [0.15, 0.2) is 0 Å². The van der Waals surface area contributed by atoms with Gasteiger partial charge in [0, 0.05) is 18.8 Å². The number of rotatable bonds is 1. The van der Waals surface area contributed by atoms with Gasteiger partial charge in [-0.25, -0.2) is 0 Å². The van der Waals surface area contributed by atoms with Gasteiger partial charge in [-0.15, -0.1) is 6.42 Å². The molecule has 0 heterocycles. The van der Waals surface area contributed by atoms with Gasteiger partial charge in [-0.3, -0.25) is 4.99 Å². The second kappa shape index (κ2) is 3.98. The van der Waals surface area contributed by atoms with Crippen LogP contribution in [0.15, 0.2) is 16.6 Å².